The number of benzene rings is 1. The summed E-state index contributed by atoms with van der Waals surface area (Å²) in [5.74, 6) is -0.414. The zero-order chi connectivity index (χ0) is 16.3. The molecule has 0 aliphatic heterocycles. The molecular formula is C16H19FN2O2S. The van der Waals surface area contributed by atoms with Crippen LogP contribution in [0.4, 0.5) is 4.39 Å². The minimum absolute atomic E-state index is 0.0244. The second kappa shape index (κ2) is 6.98. The summed E-state index contributed by atoms with van der Waals surface area (Å²) in [5.41, 5.74) is 1.12. The lowest BCUT2D eigenvalue weighted by Crippen LogP contribution is -2.28. The summed E-state index contributed by atoms with van der Waals surface area (Å²) in [7, 11) is 0. The summed E-state index contributed by atoms with van der Waals surface area (Å²) in [6.45, 7) is 5.86. The van der Waals surface area contributed by atoms with Crippen LogP contribution in [0.3, 0.4) is 0 Å². The number of thiazole rings is 1. The highest BCUT2D eigenvalue weighted by atomic mass is 32.1. The Labute approximate surface area is 133 Å². The van der Waals surface area contributed by atoms with Gasteiger partial charge in [-0.2, -0.15) is 0 Å². The molecule has 0 bridgehead atoms. The standard InChI is InChI=1S/C16H19FN2O2S/c1-9(2)16-19-10(3)14(22-16)15(21)18-8-13(20)11-5-4-6-12(17)7-11/h4-7,9,13,20H,8H2,1-3H3,(H,18,21). The molecule has 0 aliphatic carbocycles. The Morgan fingerprint density at radius 3 is 2.77 bits per heavy atom. The van der Waals surface area contributed by atoms with Gasteiger partial charge in [0.2, 0.25) is 0 Å². The Hall–Kier alpha value is -1.79. The maximum atomic E-state index is 13.1. The van der Waals surface area contributed by atoms with Gasteiger partial charge in [0.1, 0.15) is 10.7 Å². The lowest BCUT2D eigenvalue weighted by Gasteiger charge is -2.12. The monoisotopic (exact) mass is 322 g/mol. The first-order chi connectivity index (χ1) is 10.4. The molecular weight excluding hydrogens is 303 g/mol. The number of amides is 1. The smallest absolute Gasteiger partial charge is 0.263 e. The summed E-state index contributed by atoms with van der Waals surface area (Å²) in [6.07, 6.45) is -0.947. The summed E-state index contributed by atoms with van der Waals surface area (Å²) in [5, 5.41) is 13.6. The van der Waals surface area contributed by atoms with Gasteiger partial charge >= 0.3 is 0 Å². The van der Waals surface area contributed by atoms with E-state index in [1.54, 1.807) is 13.0 Å². The van der Waals surface area contributed by atoms with Gasteiger partial charge in [-0.25, -0.2) is 9.37 Å². The van der Waals surface area contributed by atoms with Crippen LogP contribution in [0.15, 0.2) is 24.3 Å². The third-order valence-electron chi connectivity index (χ3n) is 3.20. The number of halogens is 1. The largest absolute Gasteiger partial charge is 0.387 e. The molecule has 1 heterocycles. The molecule has 2 N–H and O–H groups in total. The van der Waals surface area contributed by atoms with Gasteiger partial charge in [-0.15, -0.1) is 11.3 Å². The number of aromatic nitrogens is 1. The van der Waals surface area contributed by atoms with Gasteiger partial charge in [0, 0.05) is 12.5 Å². The van der Waals surface area contributed by atoms with Crippen LogP contribution in [0.5, 0.6) is 0 Å². The lowest BCUT2D eigenvalue weighted by molar-refractivity contribution is 0.0919. The first kappa shape index (κ1) is 16.6. The molecule has 0 aliphatic rings. The van der Waals surface area contributed by atoms with Crippen LogP contribution in [0, 0.1) is 12.7 Å². The first-order valence-corrected chi connectivity index (χ1v) is 7.89. The number of nitrogens with one attached hydrogen (secondary N) is 1. The number of carbonyl (C=O) groups is 1. The second-order valence-corrected chi connectivity index (χ2v) is 6.43. The van der Waals surface area contributed by atoms with Gasteiger partial charge in [0.25, 0.3) is 5.91 Å². The Kier molecular flexibility index (Phi) is 5.26. The van der Waals surface area contributed by atoms with Crippen LogP contribution < -0.4 is 5.32 Å². The van der Waals surface area contributed by atoms with Gasteiger partial charge in [-0.3, -0.25) is 4.79 Å². The number of nitrogens with zero attached hydrogens (tertiary/aromatic N) is 1. The average molecular weight is 322 g/mol. The maximum absolute atomic E-state index is 13.1. The molecule has 6 heteroatoms. The van der Waals surface area contributed by atoms with Gasteiger partial charge in [-0.1, -0.05) is 26.0 Å². The van der Waals surface area contributed by atoms with Crippen molar-refractivity contribution in [1.29, 1.82) is 0 Å². The van der Waals surface area contributed by atoms with Crippen molar-refractivity contribution in [2.45, 2.75) is 32.8 Å². The Bertz CT molecular complexity index is 670. The normalized spacial score (nSPS) is 12.5. The van der Waals surface area contributed by atoms with E-state index in [9.17, 15) is 14.3 Å². The van der Waals surface area contributed by atoms with Crippen molar-refractivity contribution in [3.8, 4) is 0 Å². The number of aliphatic hydroxyl groups is 1. The van der Waals surface area contributed by atoms with E-state index in [-0.39, 0.29) is 18.4 Å². The quantitative estimate of drug-likeness (QED) is 0.889. The van der Waals surface area contributed by atoms with E-state index in [4.69, 9.17) is 0 Å². The predicted octanol–water partition coefficient (Wildman–Crippen LogP) is 3.18. The van der Waals surface area contributed by atoms with Crippen molar-refractivity contribution in [1.82, 2.24) is 10.3 Å². The number of hydrogen-bond donors (Lipinski definition) is 2. The van der Waals surface area contributed by atoms with E-state index in [0.717, 1.165) is 5.01 Å². The van der Waals surface area contributed by atoms with E-state index < -0.39 is 11.9 Å². The molecule has 0 radical (unpaired) electrons. The molecule has 0 spiro atoms. The van der Waals surface area contributed by atoms with Crippen LogP contribution in [0.2, 0.25) is 0 Å². The number of hydrogen-bond acceptors (Lipinski definition) is 4. The highest BCUT2D eigenvalue weighted by Crippen LogP contribution is 2.24. The molecule has 0 saturated carbocycles. The predicted molar refractivity (Wildman–Crippen MR) is 84.6 cm³/mol. The molecule has 1 aromatic heterocycles. The minimum atomic E-state index is -0.947. The molecule has 118 valence electrons. The van der Waals surface area contributed by atoms with Gasteiger partial charge < -0.3 is 10.4 Å². The maximum Gasteiger partial charge on any atom is 0.263 e. The Balaban J connectivity index is 2.01. The highest BCUT2D eigenvalue weighted by molar-refractivity contribution is 7.13. The molecule has 2 rings (SSSR count). The minimum Gasteiger partial charge on any atom is -0.387 e. The van der Waals surface area contributed by atoms with Crippen LogP contribution in [0.25, 0.3) is 0 Å². The molecule has 0 saturated heterocycles. The van der Waals surface area contributed by atoms with E-state index in [1.165, 1.54) is 29.5 Å². The van der Waals surface area contributed by atoms with E-state index in [2.05, 4.69) is 10.3 Å². The van der Waals surface area contributed by atoms with Crippen molar-refractivity contribution in [2.24, 2.45) is 0 Å². The molecule has 1 aromatic carbocycles. The average Bonchev–Trinajstić information content (AvgIpc) is 2.86. The third-order valence-corrected chi connectivity index (χ3v) is 4.66. The Morgan fingerprint density at radius 2 is 2.18 bits per heavy atom. The van der Waals surface area contributed by atoms with Gasteiger partial charge in [-0.05, 0) is 24.6 Å². The zero-order valence-electron chi connectivity index (χ0n) is 12.8. The van der Waals surface area contributed by atoms with Crippen LogP contribution in [-0.4, -0.2) is 22.5 Å². The molecule has 0 fully saturated rings. The van der Waals surface area contributed by atoms with Crippen molar-refractivity contribution in [3.63, 3.8) is 0 Å². The molecule has 4 nitrogen and oxygen atoms in total. The summed E-state index contributed by atoms with van der Waals surface area (Å²) in [4.78, 5) is 17.1. The third kappa shape index (κ3) is 3.90. The first-order valence-electron chi connectivity index (χ1n) is 7.07. The van der Waals surface area contributed by atoms with Crippen molar-refractivity contribution < 1.29 is 14.3 Å². The number of aliphatic hydroxyl groups excluding tert-OH is 1. The number of aryl methyl sites for hydroxylation is 1. The summed E-state index contributed by atoms with van der Waals surface area (Å²) < 4.78 is 13.1. The topological polar surface area (TPSA) is 62.2 Å². The SMILES string of the molecule is Cc1nc(C(C)C)sc1C(=O)NCC(O)c1cccc(F)c1. The highest BCUT2D eigenvalue weighted by Gasteiger charge is 2.18. The van der Waals surface area contributed by atoms with Gasteiger partial charge in [0.05, 0.1) is 16.8 Å². The van der Waals surface area contributed by atoms with E-state index in [0.29, 0.717) is 16.1 Å². The van der Waals surface area contributed by atoms with Crippen molar-refractivity contribution in [2.75, 3.05) is 6.54 Å². The molecule has 2 aromatic rings. The molecule has 1 amide bonds. The van der Waals surface area contributed by atoms with Crippen LogP contribution in [-0.2, 0) is 0 Å². The van der Waals surface area contributed by atoms with E-state index >= 15 is 0 Å². The van der Waals surface area contributed by atoms with Gasteiger partial charge in [0.15, 0.2) is 0 Å². The summed E-state index contributed by atoms with van der Waals surface area (Å²) >= 11 is 1.36. The fourth-order valence-electron chi connectivity index (χ4n) is 1.98. The van der Waals surface area contributed by atoms with Crippen molar-refractivity contribution in [3.05, 3.63) is 51.2 Å². The second-order valence-electron chi connectivity index (χ2n) is 5.40. The number of rotatable bonds is 5. The number of carbonyl (C=O) groups excluding carboxylic acids is 1. The Morgan fingerprint density at radius 1 is 1.45 bits per heavy atom. The fourth-order valence-corrected chi connectivity index (χ4v) is 2.96. The molecule has 22 heavy (non-hydrogen) atoms. The lowest BCUT2D eigenvalue weighted by atomic mass is 10.1. The molecule has 1 unspecified atom stereocenters. The summed E-state index contributed by atoms with van der Waals surface area (Å²) in [6, 6.07) is 5.71. The van der Waals surface area contributed by atoms with Crippen LogP contribution >= 0.6 is 11.3 Å². The van der Waals surface area contributed by atoms with Crippen LogP contribution in [0.1, 0.15) is 51.8 Å². The molecule has 1 atom stereocenters. The zero-order valence-corrected chi connectivity index (χ0v) is 13.6. The van der Waals surface area contributed by atoms with E-state index in [1.807, 2.05) is 13.8 Å². The van der Waals surface area contributed by atoms with Crippen molar-refractivity contribution >= 4 is 17.2 Å². The fraction of sp³-hybridized carbons (Fsp3) is 0.375.